The molecule has 2 saturated heterocycles. The van der Waals surface area contributed by atoms with E-state index in [4.69, 9.17) is 0 Å². The highest BCUT2D eigenvalue weighted by atomic mass is 15.2. The van der Waals surface area contributed by atoms with Gasteiger partial charge in [-0.05, 0) is 64.3 Å². The molecule has 3 nitrogen and oxygen atoms in total. The number of rotatable bonds is 3. The number of anilines is 1. The molecule has 1 aromatic carbocycles. The topological polar surface area (TPSA) is 39.1 Å². The van der Waals surface area contributed by atoms with Gasteiger partial charge in [-0.1, -0.05) is 12.1 Å². The first-order chi connectivity index (χ1) is 9.99. The van der Waals surface area contributed by atoms with Crippen LogP contribution < -0.4 is 5.32 Å². The van der Waals surface area contributed by atoms with Gasteiger partial charge in [0, 0.05) is 23.8 Å². The normalized spacial score (nSPS) is 29.1. The fourth-order valence-corrected chi connectivity index (χ4v) is 3.81. The lowest BCUT2D eigenvalue weighted by Gasteiger charge is -2.37. The van der Waals surface area contributed by atoms with Gasteiger partial charge in [0.15, 0.2) is 0 Å². The molecule has 2 atom stereocenters. The minimum Gasteiger partial charge on any atom is -0.382 e. The summed E-state index contributed by atoms with van der Waals surface area (Å²) >= 11 is 0. The first-order valence-electron chi connectivity index (χ1n) is 8.00. The minimum atomic E-state index is -0.412. The van der Waals surface area contributed by atoms with Gasteiger partial charge in [-0.2, -0.15) is 5.26 Å². The summed E-state index contributed by atoms with van der Waals surface area (Å²) in [5.41, 5.74) is 1.85. The molecule has 2 aliphatic heterocycles. The first-order valence-corrected chi connectivity index (χ1v) is 8.00. The zero-order chi connectivity index (χ0) is 15.0. The summed E-state index contributed by atoms with van der Waals surface area (Å²) in [7, 11) is 2.28. The average molecular weight is 283 g/mol. The molecule has 2 fully saturated rings. The molecule has 0 aromatic heterocycles. The highest BCUT2D eigenvalue weighted by molar-refractivity contribution is 5.47. The van der Waals surface area contributed by atoms with Crippen molar-refractivity contribution in [3.05, 3.63) is 29.8 Å². The van der Waals surface area contributed by atoms with E-state index in [9.17, 15) is 5.26 Å². The molecule has 2 aliphatic rings. The summed E-state index contributed by atoms with van der Waals surface area (Å²) in [6.45, 7) is 3.92. The van der Waals surface area contributed by atoms with Crippen molar-refractivity contribution >= 4 is 5.69 Å². The number of hydrogen-bond donors (Lipinski definition) is 1. The van der Waals surface area contributed by atoms with Gasteiger partial charge >= 0.3 is 0 Å². The Hall–Kier alpha value is -1.53. The molecule has 0 aliphatic carbocycles. The lowest BCUT2D eigenvalue weighted by molar-refractivity contribution is 0.169. The molecule has 0 saturated carbocycles. The van der Waals surface area contributed by atoms with Gasteiger partial charge in [0.2, 0.25) is 0 Å². The van der Waals surface area contributed by atoms with Crippen molar-refractivity contribution in [1.82, 2.24) is 4.90 Å². The lowest BCUT2D eigenvalue weighted by atomic mass is 9.86. The summed E-state index contributed by atoms with van der Waals surface area (Å²) in [4.78, 5) is 2.57. The summed E-state index contributed by atoms with van der Waals surface area (Å²) < 4.78 is 0. The Kier molecular flexibility index (Phi) is 3.67. The molecular formula is C18H25N3. The molecule has 2 heterocycles. The predicted molar refractivity (Wildman–Crippen MR) is 86.3 cm³/mol. The molecule has 2 unspecified atom stereocenters. The average Bonchev–Trinajstić information content (AvgIpc) is 2.70. The molecule has 1 aromatic rings. The van der Waals surface area contributed by atoms with Crippen molar-refractivity contribution in [2.75, 3.05) is 12.4 Å². The van der Waals surface area contributed by atoms with Crippen LogP contribution in [-0.4, -0.2) is 30.1 Å². The molecule has 2 bridgehead atoms. The molecular weight excluding hydrogens is 258 g/mol. The largest absolute Gasteiger partial charge is 0.382 e. The zero-order valence-corrected chi connectivity index (χ0v) is 13.3. The van der Waals surface area contributed by atoms with E-state index in [0.717, 1.165) is 17.6 Å². The van der Waals surface area contributed by atoms with Crippen LogP contribution in [0.1, 0.15) is 45.1 Å². The van der Waals surface area contributed by atoms with Crippen LogP contribution in [0.4, 0.5) is 5.69 Å². The van der Waals surface area contributed by atoms with Gasteiger partial charge in [0.25, 0.3) is 0 Å². The smallest absolute Gasteiger partial charge is 0.0766 e. The van der Waals surface area contributed by atoms with Gasteiger partial charge < -0.3 is 10.2 Å². The molecule has 3 heteroatoms. The third-order valence-electron chi connectivity index (χ3n) is 5.36. The number of nitrogens with zero attached hydrogens (tertiary/aromatic N) is 2. The number of piperidine rings is 1. The predicted octanol–water partition coefficient (Wildman–Crippen LogP) is 3.52. The highest BCUT2D eigenvalue weighted by Gasteiger charge is 2.38. The fourth-order valence-electron chi connectivity index (χ4n) is 3.81. The summed E-state index contributed by atoms with van der Waals surface area (Å²) in [5.74, 6) is 0. The fraction of sp³-hybridized carbons (Fsp3) is 0.611. The van der Waals surface area contributed by atoms with Crippen LogP contribution in [0.5, 0.6) is 0 Å². The molecule has 0 amide bonds. The third-order valence-corrected chi connectivity index (χ3v) is 5.36. The van der Waals surface area contributed by atoms with Gasteiger partial charge in [-0.25, -0.2) is 0 Å². The molecule has 3 rings (SSSR count). The quantitative estimate of drug-likeness (QED) is 0.922. The van der Waals surface area contributed by atoms with Crippen LogP contribution in [-0.2, 0) is 5.41 Å². The highest BCUT2D eigenvalue weighted by Crippen LogP contribution is 2.35. The van der Waals surface area contributed by atoms with E-state index in [0.29, 0.717) is 6.04 Å². The van der Waals surface area contributed by atoms with Crippen LogP contribution >= 0.6 is 0 Å². The summed E-state index contributed by atoms with van der Waals surface area (Å²) in [6.07, 6.45) is 5.21. The number of hydrogen-bond acceptors (Lipinski definition) is 3. The first kappa shape index (κ1) is 14.4. The number of nitrogens with one attached hydrogen (secondary N) is 1. The summed E-state index contributed by atoms with van der Waals surface area (Å²) in [6, 6.07) is 12.9. The van der Waals surface area contributed by atoms with E-state index in [2.05, 4.69) is 47.6 Å². The molecule has 112 valence electrons. The maximum atomic E-state index is 9.20. The van der Waals surface area contributed by atoms with E-state index in [1.54, 1.807) is 0 Å². The Morgan fingerprint density at radius 2 is 1.71 bits per heavy atom. The lowest BCUT2D eigenvalue weighted by Crippen LogP contribution is -2.44. The van der Waals surface area contributed by atoms with Gasteiger partial charge in [0.1, 0.15) is 0 Å². The Balaban J connectivity index is 1.65. The maximum Gasteiger partial charge on any atom is 0.0766 e. The Morgan fingerprint density at radius 1 is 1.14 bits per heavy atom. The Labute approximate surface area is 128 Å². The number of fused-ring (bicyclic) bond motifs is 2. The Bertz CT molecular complexity index is 527. The van der Waals surface area contributed by atoms with Crippen molar-refractivity contribution in [3.63, 3.8) is 0 Å². The number of benzene rings is 1. The van der Waals surface area contributed by atoms with E-state index >= 15 is 0 Å². The molecule has 0 spiro atoms. The molecule has 21 heavy (non-hydrogen) atoms. The number of nitriles is 1. The second-order valence-electron chi connectivity index (χ2n) is 7.18. The van der Waals surface area contributed by atoms with E-state index < -0.39 is 5.41 Å². The molecule has 0 radical (unpaired) electrons. The van der Waals surface area contributed by atoms with E-state index in [1.165, 1.54) is 31.4 Å². The van der Waals surface area contributed by atoms with Crippen LogP contribution in [0.3, 0.4) is 0 Å². The third kappa shape index (κ3) is 2.78. The van der Waals surface area contributed by atoms with Crippen LogP contribution in [0.2, 0.25) is 0 Å². The van der Waals surface area contributed by atoms with Crippen LogP contribution in [0.15, 0.2) is 24.3 Å². The summed E-state index contributed by atoms with van der Waals surface area (Å²) in [5, 5.41) is 12.9. The van der Waals surface area contributed by atoms with Gasteiger partial charge in [0.05, 0.1) is 11.5 Å². The van der Waals surface area contributed by atoms with Gasteiger partial charge in [-0.15, -0.1) is 0 Å². The zero-order valence-electron chi connectivity index (χ0n) is 13.3. The molecule has 1 N–H and O–H groups in total. The van der Waals surface area contributed by atoms with Crippen molar-refractivity contribution in [1.29, 1.82) is 5.26 Å². The van der Waals surface area contributed by atoms with Crippen LogP contribution in [0.25, 0.3) is 0 Å². The Morgan fingerprint density at radius 3 is 2.24 bits per heavy atom. The van der Waals surface area contributed by atoms with Crippen molar-refractivity contribution in [2.45, 2.75) is 63.1 Å². The second-order valence-corrected chi connectivity index (χ2v) is 7.18. The van der Waals surface area contributed by atoms with Crippen molar-refractivity contribution in [2.24, 2.45) is 0 Å². The monoisotopic (exact) mass is 283 g/mol. The van der Waals surface area contributed by atoms with Gasteiger partial charge in [-0.3, -0.25) is 0 Å². The van der Waals surface area contributed by atoms with Crippen molar-refractivity contribution in [3.8, 4) is 6.07 Å². The van der Waals surface area contributed by atoms with Crippen molar-refractivity contribution < 1.29 is 0 Å². The maximum absolute atomic E-state index is 9.20. The second kappa shape index (κ2) is 5.35. The SMILES string of the molecule is CN1C2CCC1CC(Nc1ccc(C(C)(C)C#N)cc1)C2. The van der Waals surface area contributed by atoms with E-state index in [1.807, 2.05) is 13.8 Å². The minimum absolute atomic E-state index is 0.412. The van der Waals surface area contributed by atoms with E-state index in [-0.39, 0.29) is 0 Å². The standard InChI is InChI=1S/C18H25N3/c1-18(2,12-19)13-4-6-14(7-5-13)20-15-10-16-8-9-17(11-15)21(16)3/h4-7,15-17,20H,8-11H2,1-3H3. The van der Waals surface area contributed by atoms with Crippen LogP contribution in [0, 0.1) is 11.3 Å².